The van der Waals surface area contributed by atoms with E-state index in [1.807, 2.05) is 12.1 Å². The fraction of sp³-hybridized carbons (Fsp3) is 0.438. The number of halogens is 1. The predicted molar refractivity (Wildman–Crippen MR) is 91.4 cm³/mol. The number of hydrogen-bond acceptors (Lipinski definition) is 2. The Hall–Kier alpha value is -1.10. The number of H-pyrrole nitrogens is 1. The van der Waals surface area contributed by atoms with Crippen LogP contribution < -0.4 is 0 Å². The van der Waals surface area contributed by atoms with Gasteiger partial charge >= 0.3 is 0 Å². The van der Waals surface area contributed by atoms with Crippen molar-refractivity contribution in [3.8, 4) is 0 Å². The van der Waals surface area contributed by atoms with Crippen LogP contribution in [0, 0.1) is 4.77 Å². The maximum atomic E-state index is 6.46. The highest BCUT2D eigenvalue weighted by molar-refractivity contribution is 7.71. The Morgan fingerprint density at radius 2 is 2.24 bits per heavy atom. The minimum atomic E-state index is 0.417. The molecule has 1 atom stereocenters. The van der Waals surface area contributed by atoms with E-state index in [1.54, 1.807) is 0 Å². The van der Waals surface area contributed by atoms with Gasteiger partial charge in [0, 0.05) is 36.3 Å². The Kier molecular flexibility index (Phi) is 4.20. The minimum absolute atomic E-state index is 0.417. The van der Waals surface area contributed by atoms with Crippen molar-refractivity contribution in [3.63, 3.8) is 0 Å². The number of imidazole rings is 1. The molecule has 5 heteroatoms. The monoisotopic (exact) mass is 321 g/mol. The molecule has 2 aromatic rings. The lowest BCUT2D eigenvalue weighted by Crippen LogP contribution is -2.34. The lowest BCUT2D eigenvalue weighted by molar-refractivity contribution is 0.210. The summed E-state index contributed by atoms with van der Waals surface area (Å²) in [7, 11) is 0. The van der Waals surface area contributed by atoms with Gasteiger partial charge in [-0.2, -0.15) is 0 Å². The van der Waals surface area contributed by atoms with Gasteiger partial charge < -0.3 is 9.55 Å². The zero-order valence-corrected chi connectivity index (χ0v) is 14.0. The third-order valence-electron chi connectivity index (χ3n) is 4.16. The first-order valence-corrected chi connectivity index (χ1v) is 8.19. The average Bonchev–Trinajstić information content (AvgIpc) is 2.67. The topological polar surface area (TPSA) is 24.0 Å². The predicted octanol–water partition coefficient (Wildman–Crippen LogP) is 4.52. The van der Waals surface area contributed by atoms with E-state index in [9.17, 15) is 0 Å². The first-order chi connectivity index (χ1) is 10.1. The molecule has 1 N–H and O–H groups in total. The Labute approximate surface area is 135 Å². The Bertz CT molecular complexity index is 744. The van der Waals surface area contributed by atoms with Crippen LogP contribution in [0.2, 0.25) is 5.02 Å². The van der Waals surface area contributed by atoms with Gasteiger partial charge in [0.25, 0.3) is 0 Å². The molecule has 0 aliphatic carbocycles. The summed E-state index contributed by atoms with van der Waals surface area (Å²) in [6.45, 7) is 7.11. The van der Waals surface area contributed by atoms with Crippen molar-refractivity contribution in [1.29, 1.82) is 0 Å². The molecule has 0 unspecified atom stereocenters. The van der Waals surface area contributed by atoms with Crippen molar-refractivity contribution < 1.29 is 0 Å². The van der Waals surface area contributed by atoms with Crippen LogP contribution in [0.15, 0.2) is 24.3 Å². The number of allylic oxidation sites excluding steroid dienone is 1. The number of rotatable bonds is 3. The molecule has 21 heavy (non-hydrogen) atoms. The molecule has 0 saturated heterocycles. The fourth-order valence-corrected chi connectivity index (χ4v) is 3.48. The Morgan fingerprint density at radius 3 is 3.00 bits per heavy atom. The van der Waals surface area contributed by atoms with E-state index in [-0.39, 0.29) is 0 Å². The van der Waals surface area contributed by atoms with Crippen molar-refractivity contribution in [2.45, 2.75) is 39.4 Å². The van der Waals surface area contributed by atoms with E-state index in [1.165, 1.54) is 11.1 Å². The second kappa shape index (κ2) is 5.95. The number of nitrogens with zero attached hydrogens (tertiary/aromatic N) is 2. The first kappa shape index (κ1) is 14.8. The molecule has 3 rings (SSSR count). The molecule has 3 nitrogen and oxygen atoms in total. The molecular formula is C16H20ClN3S. The smallest absolute Gasteiger partial charge is 0.178 e. The quantitative estimate of drug-likeness (QED) is 0.663. The van der Waals surface area contributed by atoms with Gasteiger partial charge in [-0.1, -0.05) is 30.7 Å². The van der Waals surface area contributed by atoms with Crippen molar-refractivity contribution in [2.24, 2.45) is 0 Å². The van der Waals surface area contributed by atoms with E-state index in [2.05, 4.69) is 40.5 Å². The summed E-state index contributed by atoms with van der Waals surface area (Å²) >= 11 is 11.9. The van der Waals surface area contributed by atoms with Gasteiger partial charge in [-0.25, -0.2) is 0 Å². The molecule has 2 heterocycles. The number of aromatic amines is 1. The van der Waals surface area contributed by atoms with Gasteiger partial charge in [0.2, 0.25) is 0 Å². The van der Waals surface area contributed by atoms with E-state index in [0.717, 1.165) is 41.4 Å². The molecule has 0 saturated carbocycles. The molecule has 1 aliphatic rings. The van der Waals surface area contributed by atoms with Gasteiger partial charge in [-0.05, 0) is 37.7 Å². The number of hydrogen-bond donors (Lipinski definition) is 1. The summed E-state index contributed by atoms with van der Waals surface area (Å²) < 4.78 is 2.98. The Morgan fingerprint density at radius 1 is 1.43 bits per heavy atom. The van der Waals surface area contributed by atoms with Crippen molar-refractivity contribution in [3.05, 3.63) is 39.6 Å². The summed E-state index contributed by atoms with van der Waals surface area (Å²) in [4.78, 5) is 5.74. The van der Waals surface area contributed by atoms with Crippen LogP contribution in [-0.2, 0) is 13.1 Å². The third-order valence-corrected chi connectivity index (χ3v) is 4.83. The van der Waals surface area contributed by atoms with Gasteiger partial charge in [0.15, 0.2) is 4.77 Å². The maximum absolute atomic E-state index is 6.46. The van der Waals surface area contributed by atoms with Crippen LogP contribution in [0.5, 0.6) is 0 Å². The second-order valence-corrected chi connectivity index (χ2v) is 6.41. The van der Waals surface area contributed by atoms with Crippen LogP contribution in [0.25, 0.3) is 11.0 Å². The molecule has 1 aromatic heterocycles. The summed E-state index contributed by atoms with van der Waals surface area (Å²) in [6, 6.07) is 4.40. The highest BCUT2D eigenvalue weighted by Gasteiger charge is 2.23. The highest BCUT2D eigenvalue weighted by atomic mass is 35.5. The van der Waals surface area contributed by atoms with Crippen LogP contribution in [0.3, 0.4) is 0 Å². The van der Waals surface area contributed by atoms with Gasteiger partial charge in [-0.3, -0.25) is 4.90 Å². The molecule has 0 radical (unpaired) electrons. The second-order valence-electron chi connectivity index (χ2n) is 5.62. The number of aromatic nitrogens is 2. The molecule has 1 aliphatic heterocycles. The molecule has 0 amide bonds. The van der Waals surface area contributed by atoms with Crippen LogP contribution in [0.4, 0.5) is 0 Å². The van der Waals surface area contributed by atoms with E-state index in [4.69, 9.17) is 23.8 Å². The fourth-order valence-electron chi connectivity index (χ4n) is 2.99. The van der Waals surface area contributed by atoms with E-state index in [0.29, 0.717) is 6.04 Å². The summed E-state index contributed by atoms with van der Waals surface area (Å²) in [5.41, 5.74) is 3.43. The zero-order valence-electron chi connectivity index (χ0n) is 12.4. The molecule has 1 aromatic carbocycles. The lowest BCUT2D eigenvalue weighted by Gasteiger charge is -2.26. The maximum Gasteiger partial charge on any atom is 0.178 e. The van der Waals surface area contributed by atoms with E-state index >= 15 is 0 Å². The zero-order chi connectivity index (χ0) is 15.0. The average molecular weight is 322 g/mol. The summed E-state index contributed by atoms with van der Waals surface area (Å²) in [5, 5.41) is 0.823. The van der Waals surface area contributed by atoms with Crippen molar-refractivity contribution in [1.82, 2.24) is 14.5 Å². The van der Waals surface area contributed by atoms with Crippen molar-refractivity contribution >= 4 is 34.9 Å². The molecule has 112 valence electrons. The van der Waals surface area contributed by atoms with E-state index < -0.39 is 0 Å². The highest BCUT2D eigenvalue weighted by Crippen LogP contribution is 2.31. The van der Waals surface area contributed by atoms with Gasteiger partial charge in [0.1, 0.15) is 0 Å². The molecule has 0 fully saturated rings. The van der Waals surface area contributed by atoms with Gasteiger partial charge in [0.05, 0.1) is 11.0 Å². The van der Waals surface area contributed by atoms with Crippen LogP contribution in [0.1, 0.15) is 25.8 Å². The Balaban J connectivity index is 2.07. The lowest BCUT2D eigenvalue weighted by atomic mass is 10.1. The largest absolute Gasteiger partial charge is 0.331 e. The van der Waals surface area contributed by atoms with Gasteiger partial charge in [-0.15, -0.1) is 0 Å². The van der Waals surface area contributed by atoms with Crippen LogP contribution >= 0.6 is 23.8 Å². The van der Waals surface area contributed by atoms with Crippen molar-refractivity contribution in [2.75, 3.05) is 6.54 Å². The molecule has 0 spiro atoms. The number of nitrogens with one attached hydrogen (secondary N) is 1. The minimum Gasteiger partial charge on any atom is -0.331 e. The molecular weight excluding hydrogens is 302 g/mol. The third kappa shape index (κ3) is 2.68. The summed E-state index contributed by atoms with van der Waals surface area (Å²) in [6.07, 6.45) is 5.53. The van der Waals surface area contributed by atoms with Crippen LogP contribution in [-0.4, -0.2) is 27.0 Å². The first-order valence-electron chi connectivity index (χ1n) is 7.40. The number of benzene rings is 1. The standard InChI is InChI=1S/C16H20ClN3S/c1-3-4-5-8-19-10-12-13(17)6-7-14-15(12)20(9-11(19)2)16(21)18-14/h4-7,11H,3,8-10H2,1-2H3,(H,18,21)/b5-4-/t11-/m0/s1. The summed E-state index contributed by atoms with van der Waals surface area (Å²) in [5.74, 6) is 0. The normalized spacial score (nSPS) is 19.5. The molecule has 0 bridgehead atoms. The SMILES string of the molecule is CC/C=C\CN1Cc2c(Cl)ccc3[nH]c(=S)n(c23)C[C@@H]1C.